The van der Waals surface area contributed by atoms with Crippen molar-refractivity contribution in [1.29, 1.82) is 5.26 Å². The summed E-state index contributed by atoms with van der Waals surface area (Å²) in [6.07, 6.45) is 0.425. The van der Waals surface area contributed by atoms with Crippen LogP contribution < -0.4 is 10.6 Å². The van der Waals surface area contributed by atoms with Gasteiger partial charge in [-0.2, -0.15) is 5.26 Å². The Morgan fingerprint density at radius 3 is 2.43 bits per heavy atom. The molecular weight excluding hydrogens is 278 g/mol. The van der Waals surface area contributed by atoms with E-state index in [0.29, 0.717) is 11.5 Å². The van der Waals surface area contributed by atoms with Crippen LogP contribution in [0.3, 0.4) is 0 Å². The molecule has 3 nitrogen and oxygen atoms in total. The molecule has 1 atom stereocenters. The SMILES string of the molecule is CC(NC(=S)Nc1ccc(CC#N)cc1)c1ccccc1. The number of thiocarbonyl (C=S) groups is 1. The number of hydrogen-bond donors (Lipinski definition) is 2. The van der Waals surface area contributed by atoms with Crippen LogP contribution in [0.5, 0.6) is 0 Å². The predicted octanol–water partition coefficient (Wildman–Crippen LogP) is 3.80. The first-order chi connectivity index (χ1) is 10.2. The van der Waals surface area contributed by atoms with Gasteiger partial charge in [-0.3, -0.25) is 0 Å². The van der Waals surface area contributed by atoms with Crippen molar-refractivity contribution in [2.75, 3.05) is 5.32 Å². The zero-order valence-electron chi connectivity index (χ0n) is 11.8. The molecule has 0 amide bonds. The number of rotatable bonds is 4. The largest absolute Gasteiger partial charge is 0.356 e. The van der Waals surface area contributed by atoms with Gasteiger partial charge in [-0.05, 0) is 42.4 Å². The van der Waals surface area contributed by atoms with Crippen LogP contribution in [0.2, 0.25) is 0 Å². The highest BCUT2D eigenvalue weighted by molar-refractivity contribution is 7.80. The third-order valence-corrected chi connectivity index (χ3v) is 3.36. The Balaban J connectivity index is 1.91. The Labute approximate surface area is 130 Å². The number of nitriles is 1. The summed E-state index contributed by atoms with van der Waals surface area (Å²) in [6.45, 7) is 2.07. The molecule has 2 rings (SSSR count). The maximum absolute atomic E-state index is 8.65. The van der Waals surface area contributed by atoms with Gasteiger partial charge in [-0.15, -0.1) is 0 Å². The van der Waals surface area contributed by atoms with E-state index in [9.17, 15) is 0 Å². The van der Waals surface area contributed by atoms with Gasteiger partial charge in [0.25, 0.3) is 0 Å². The number of nitrogens with zero attached hydrogens (tertiary/aromatic N) is 1. The van der Waals surface area contributed by atoms with Crippen LogP contribution in [-0.2, 0) is 6.42 Å². The summed E-state index contributed by atoms with van der Waals surface area (Å²) in [5.74, 6) is 0. The van der Waals surface area contributed by atoms with Gasteiger partial charge in [-0.1, -0.05) is 42.5 Å². The molecule has 106 valence electrons. The highest BCUT2D eigenvalue weighted by atomic mass is 32.1. The van der Waals surface area contributed by atoms with Gasteiger partial charge in [0.2, 0.25) is 0 Å². The van der Waals surface area contributed by atoms with E-state index in [4.69, 9.17) is 17.5 Å². The van der Waals surface area contributed by atoms with Gasteiger partial charge in [0.05, 0.1) is 18.5 Å². The number of benzene rings is 2. The molecule has 2 aromatic carbocycles. The molecule has 0 spiro atoms. The fraction of sp³-hybridized carbons (Fsp3) is 0.176. The fourth-order valence-corrected chi connectivity index (χ4v) is 2.28. The van der Waals surface area contributed by atoms with Crippen molar-refractivity contribution in [3.8, 4) is 6.07 Å². The summed E-state index contributed by atoms with van der Waals surface area (Å²) in [4.78, 5) is 0. The lowest BCUT2D eigenvalue weighted by molar-refractivity contribution is 0.722. The second kappa shape index (κ2) is 7.41. The molecular formula is C17H17N3S. The van der Waals surface area contributed by atoms with Gasteiger partial charge in [-0.25, -0.2) is 0 Å². The molecule has 1 unspecified atom stereocenters. The molecule has 4 heteroatoms. The van der Waals surface area contributed by atoms with Crippen LogP contribution in [-0.4, -0.2) is 5.11 Å². The maximum Gasteiger partial charge on any atom is 0.171 e. The van der Waals surface area contributed by atoms with Gasteiger partial charge in [0, 0.05) is 5.69 Å². The summed E-state index contributed by atoms with van der Waals surface area (Å²) < 4.78 is 0. The summed E-state index contributed by atoms with van der Waals surface area (Å²) in [7, 11) is 0. The highest BCUT2D eigenvalue weighted by Crippen LogP contribution is 2.13. The number of anilines is 1. The molecule has 0 radical (unpaired) electrons. The van der Waals surface area contributed by atoms with Crippen LogP contribution in [0, 0.1) is 11.3 Å². The van der Waals surface area contributed by atoms with Crippen molar-refractivity contribution in [2.45, 2.75) is 19.4 Å². The van der Waals surface area contributed by atoms with E-state index in [1.165, 1.54) is 5.56 Å². The van der Waals surface area contributed by atoms with E-state index in [1.807, 2.05) is 42.5 Å². The van der Waals surface area contributed by atoms with E-state index in [1.54, 1.807) is 0 Å². The van der Waals surface area contributed by atoms with Gasteiger partial charge in [0.1, 0.15) is 0 Å². The molecule has 0 aromatic heterocycles. The topological polar surface area (TPSA) is 47.8 Å². The minimum absolute atomic E-state index is 0.143. The Morgan fingerprint density at radius 2 is 1.81 bits per heavy atom. The fourth-order valence-electron chi connectivity index (χ4n) is 1.99. The first-order valence-corrected chi connectivity index (χ1v) is 7.18. The number of nitrogens with one attached hydrogen (secondary N) is 2. The van der Waals surface area contributed by atoms with Crippen LogP contribution in [0.1, 0.15) is 24.1 Å². The van der Waals surface area contributed by atoms with E-state index >= 15 is 0 Å². The normalized spacial score (nSPS) is 11.2. The van der Waals surface area contributed by atoms with Crippen molar-refractivity contribution in [3.05, 3.63) is 65.7 Å². The molecule has 0 fully saturated rings. The standard InChI is InChI=1S/C17H17N3S/c1-13(15-5-3-2-4-6-15)19-17(21)20-16-9-7-14(8-10-16)11-12-18/h2-10,13H,11H2,1H3,(H2,19,20,21). The van der Waals surface area contributed by atoms with Crippen LogP contribution in [0.25, 0.3) is 0 Å². The lowest BCUT2D eigenvalue weighted by Crippen LogP contribution is -2.30. The van der Waals surface area contributed by atoms with Crippen molar-refractivity contribution < 1.29 is 0 Å². The summed E-state index contributed by atoms with van der Waals surface area (Å²) in [6, 6.07) is 20.1. The summed E-state index contributed by atoms with van der Waals surface area (Å²) in [5, 5.41) is 15.6. The highest BCUT2D eigenvalue weighted by Gasteiger charge is 2.06. The van der Waals surface area contributed by atoms with Gasteiger partial charge < -0.3 is 10.6 Å². The minimum Gasteiger partial charge on any atom is -0.356 e. The van der Waals surface area contributed by atoms with Crippen LogP contribution in [0.4, 0.5) is 5.69 Å². The van der Waals surface area contributed by atoms with E-state index in [0.717, 1.165) is 11.3 Å². The molecule has 0 heterocycles. The predicted molar refractivity (Wildman–Crippen MR) is 90.0 cm³/mol. The van der Waals surface area contributed by atoms with Crippen molar-refractivity contribution in [1.82, 2.24) is 5.32 Å². The molecule has 2 N–H and O–H groups in total. The molecule has 0 saturated carbocycles. The maximum atomic E-state index is 8.65. The molecule has 0 aliphatic rings. The number of hydrogen-bond acceptors (Lipinski definition) is 2. The lowest BCUT2D eigenvalue weighted by Gasteiger charge is -2.17. The summed E-state index contributed by atoms with van der Waals surface area (Å²) in [5.41, 5.74) is 3.10. The molecule has 21 heavy (non-hydrogen) atoms. The zero-order valence-corrected chi connectivity index (χ0v) is 12.7. The third kappa shape index (κ3) is 4.59. The smallest absolute Gasteiger partial charge is 0.171 e. The quantitative estimate of drug-likeness (QED) is 0.842. The molecule has 0 aliphatic carbocycles. The second-order valence-corrected chi connectivity index (χ2v) is 5.17. The Bertz CT molecular complexity index is 629. The van der Waals surface area contributed by atoms with E-state index < -0.39 is 0 Å². The molecule has 0 bridgehead atoms. The third-order valence-electron chi connectivity index (χ3n) is 3.14. The Morgan fingerprint density at radius 1 is 1.14 bits per heavy atom. The van der Waals surface area contributed by atoms with Crippen molar-refractivity contribution >= 4 is 23.0 Å². The lowest BCUT2D eigenvalue weighted by atomic mass is 10.1. The first kappa shape index (κ1) is 15.0. The Hall–Kier alpha value is -2.38. The average Bonchev–Trinajstić information content (AvgIpc) is 2.50. The second-order valence-electron chi connectivity index (χ2n) is 4.76. The van der Waals surface area contributed by atoms with E-state index in [2.05, 4.69) is 35.8 Å². The molecule has 0 aliphatic heterocycles. The van der Waals surface area contributed by atoms with Gasteiger partial charge in [0.15, 0.2) is 5.11 Å². The van der Waals surface area contributed by atoms with Crippen LogP contribution in [0.15, 0.2) is 54.6 Å². The monoisotopic (exact) mass is 295 g/mol. The average molecular weight is 295 g/mol. The molecule has 2 aromatic rings. The van der Waals surface area contributed by atoms with E-state index in [-0.39, 0.29) is 6.04 Å². The van der Waals surface area contributed by atoms with Crippen molar-refractivity contribution in [2.24, 2.45) is 0 Å². The van der Waals surface area contributed by atoms with Crippen LogP contribution >= 0.6 is 12.2 Å². The summed E-state index contributed by atoms with van der Waals surface area (Å²) >= 11 is 5.32. The minimum atomic E-state index is 0.143. The zero-order chi connectivity index (χ0) is 15.1. The Kier molecular flexibility index (Phi) is 5.30. The van der Waals surface area contributed by atoms with Crippen molar-refractivity contribution in [3.63, 3.8) is 0 Å². The van der Waals surface area contributed by atoms with Gasteiger partial charge >= 0.3 is 0 Å². The first-order valence-electron chi connectivity index (χ1n) is 6.77. The molecule has 0 saturated heterocycles.